The van der Waals surface area contributed by atoms with E-state index in [1.165, 1.54) is 6.08 Å². The average Bonchev–Trinajstić information content (AvgIpc) is 2.45. The molecule has 2 rings (SSSR count). The Balaban J connectivity index is 2.41. The second-order valence-electron chi connectivity index (χ2n) is 2.26. The van der Waals surface area contributed by atoms with Crippen molar-refractivity contribution in [2.24, 2.45) is 0 Å². The van der Waals surface area contributed by atoms with E-state index >= 15 is 0 Å². The van der Waals surface area contributed by atoms with E-state index in [0.717, 1.165) is 4.48 Å². The SMILES string of the molecule is O=C1C=CC(Br)=C2OCOC12. The fourth-order valence-electron chi connectivity index (χ4n) is 1.05. The fourth-order valence-corrected chi connectivity index (χ4v) is 1.50. The Kier molecular flexibility index (Phi) is 1.58. The van der Waals surface area contributed by atoms with Crippen molar-refractivity contribution >= 4 is 21.7 Å². The molecule has 0 radical (unpaired) electrons. The third kappa shape index (κ3) is 1.02. The Morgan fingerprint density at radius 2 is 2.36 bits per heavy atom. The molecule has 4 heteroatoms. The van der Waals surface area contributed by atoms with Gasteiger partial charge >= 0.3 is 0 Å². The molecule has 1 atom stereocenters. The van der Waals surface area contributed by atoms with Crippen molar-refractivity contribution in [3.05, 3.63) is 22.4 Å². The van der Waals surface area contributed by atoms with E-state index in [2.05, 4.69) is 15.9 Å². The number of ketones is 1. The van der Waals surface area contributed by atoms with Crippen LogP contribution >= 0.6 is 15.9 Å². The average molecular weight is 217 g/mol. The van der Waals surface area contributed by atoms with E-state index < -0.39 is 6.10 Å². The largest absolute Gasteiger partial charge is 0.467 e. The van der Waals surface area contributed by atoms with Crippen molar-refractivity contribution in [3.8, 4) is 0 Å². The minimum atomic E-state index is -0.505. The summed E-state index contributed by atoms with van der Waals surface area (Å²) in [5, 5.41) is 0. The molecule has 1 heterocycles. The molecule has 0 amide bonds. The number of hydrogen-bond acceptors (Lipinski definition) is 3. The highest BCUT2D eigenvalue weighted by atomic mass is 79.9. The van der Waals surface area contributed by atoms with E-state index in [-0.39, 0.29) is 12.6 Å². The lowest BCUT2D eigenvalue weighted by molar-refractivity contribution is -0.122. The van der Waals surface area contributed by atoms with Gasteiger partial charge in [0.1, 0.15) is 0 Å². The summed E-state index contributed by atoms with van der Waals surface area (Å²) in [4.78, 5) is 11.1. The Labute approximate surface area is 71.8 Å². The lowest BCUT2D eigenvalue weighted by Crippen LogP contribution is -2.21. The summed E-state index contributed by atoms with van der Waals surface area (Å²) in [7, 11) is 0. The summed E-state index contributed by atoms with van der Waals surface area (Å²) >= 11 is 3.26. The van der Waals surface area contributed by atoms with E-state index in [9.17, 15) is 4.79 Å². The summed E-state index contributed by atoms with van der Waals surface area (Å²) < 4.78 is 10.9. The normalized spacial score (nSPS) is 28.8. The first-order chi connectivity index (χ1) is 5.29. The molecule has 0 aromatic heterocycles. The van der Waals surface area contributed by atoms with Crippen LogP contribution in [0.1, 0.15) is 0 Å². The third-order valence-corrected chi connectivity index (χ3v) is 2.23. The van der Waals surface area contributed by atoms with Crippen LogP contribution in [0.25, 0.3) is 0 Å². The van der Waals surface area contributed by atoms with Crippen LogP contribution in [-0.4, -0.2) is 18.7 Å². The highest BCUT2D eigenvalue weighted by Gasteiger charge is 2.33. The first-order valence-electron chi connectivity index (χ1n) is 3.15. The summed E-state index contributed by atoms with van der Waals surface area (Å²) in [6, 6.07) is 0. The third-order valence-electron chi connectivity index (χ3n) is 1.57. The van der Waals surface area contributed by atoms with Crippen LogP contribution in [0.5, 0.6) is 0 Å². The van der Waals surface area contributed by atoms with Crippen LogP contribution in [0.2, 0.25) is 0 Å². The Morgan fingerprint density at radius 1 is 1.55 bits per heavy atom. The van der Waals surface area contributed by atoms with Crippen molar-refractivity contribution in [3.63, 3.8) is 0 Å². The van der Waals surface area contributed by atoms with Gasteiger partial charge in [-0.25, -0.2) is 0 Å². The zero-order valence-corrected chi connectivity index (χ0v) is 7.13. The summed E-state index contributed by atoms with van der Waals surface area (Å²) in [6.45, 7) is 0.169. The number of halogens is 1. The molecule has 0 N–H and O–H groups in total. The van der Waals surface area contributed by atoms with Crippen LogP contribution in [-0.2, 0) is 14.3 Å². The molecule has 1 unspecified atom stereocenters. The summed E-state index contributed by atoms with van der Waals surface area (Å²) in [5.74, 6) is 0.540. The van der Waals surface area contributed by atoms with Gasteiger partial charge in [0.05, 0.1) is 4.48 Å². The molecular weight excluding hydrogens is 212 g/mol. The van der Waals surface area contributed by atoms with Gasteiger partial charge in [0, 0.05) is 0 Å². The van der Waals surface area contributed by atoms with Crippen LogP contribution in [0, 0.1) is 0 Å². The maximum Gasteiger partial charge on any atom is 0.192 e. The highest BCUT2D eigenvalue weighted by molar-refractivity contribution is 9.11. The van der Waals surface area contributed by atoms with Gasteiger partial charge in [-0.2, -0.15) is 0 Å². The van der Waals surface area contributed by atoms with Crippen LogP contribution in [0.3, 0.4) is 0 Å². The molecule has 1 aliphatic carbocycles. The van der Waals surface area contributed by atoms with E-state index in [4.69, 9.17) is 9.47 Å². The zero-order valence-electron chi connectivity index (χ0n) is 5.54. The topological polar surface area (TPSA) is 35.5 Å². The molecular formula is C7H5BrO3. The fraction of sp³-hybridized carbons (Fsp3) is 0.286. The first kappa shape index (κ1) is 7.06. The molecule has 3 nitrogen and oxygen atoms in total. The van der Waals surface area contributed by atoms with Gasteiger partial charge < -0.3 is 9.47 Å². The minimum Gasteiger partial charge on any atom is -0.467 e. The molecule has 11 heavy (non-hydrogen) atoms. The number of ether oxygens (including phenoxy) is 2. The van der Waals surface area contributed by atoms with Gasteiger partial charge in [0.2, 0.25) is 0 Å². The highest BCUT2D eigenvalue weighted by Crippen LogP contribution is 2.29. The maximum atomic E-state index is 11.1. The first-order valence-corrected chi connectivity index (χ1v) is 3.94. The van der Waals surface area contributed by atoms with E-state index in [0.29, 0.717) is 5.76 Å². The summed E-state index contributed by atoms with van der Waals surface area (Å²) in [6.07, 6.45) is 2.64. The molecule has 1 fully saturated rings. The Bertz CT molecular complexity index is 267. The molecule has 0 aromatic rings. The van der Waals surface area contributed by atoms with Gasteiger partial charge in [-0.15, -0.1) is 0 Å². The number of allylic oxidation sites excluding steroid dienone is 2. The molecule has 58 valence electrons. The van der Waals surface area contributed by atoms with Crippen molar-refractivity contribution in [1.82, 2.24) is 0 Å². The van der Waals surface area contributed by atoms with Crippen molar-refractivity contribution in [2.75, 3.05) is 6.79 Å². The van der Waals surface area contributed by atoms with E-state index in [1.54, 1.807) is 6.08 Å². The maximum absolute atomic E-state index is 11.1. The van der Waals surface area contributed by atoms with Gasteiger partial charge in [0.25, 0.3) is 0 Å². The number of carbonyl (C=O) groups is 1. The van der Waals surface area contributed by atoms with Crippen LogP contribution in [0.4, 0.5) is 0 Å². The molecule has 1 aliphatic heterocycles. The number of hydrogen-bond donors (Lipinski definition) is 0. The zero-order chi connectivity index (χ0) is 7.84. The van der Waals surface area contributed by atoms with Crippen molar-refractivity contribution in [2.45, 2.75) is 6.10 Å². The second-order valence-corrected chi connectivity index (χ2v) is 3.11. The van der Waals surface area contributed by atoms with Gasteiger partial charge in [-0.3, -0.25) is 4.79 Å². The van der Waals surface area contributed by atoms with Gasteiger partial charge in [-0.1, -0.05) is 0 Å². The molecule has 0 aromatic carbocycles. The molecule has 0 saturated carbocycles. The smallest absolute Gasteiger partial charge is 0.192 e. The summed E-state index contributed by atoms with van der Waals surface area (Å²) in [5.41, 5.74) is 0. The van der Waals surface area contributed by atoms with Crippen molar-refractivity contribution in [1.29, 1.82) is 0 Å². The lowest BCUT2D eigenvalue weighted by Gasteiger charge is -2.09. The number of fused-ring (bicyclic) bond motifs is 1. The second kappa shape index (κ2) is 2.46. The molecule has 2 aliphatic rings. The van der Waals surface area contributed by atoms with Crippen LogP contribution < -0.4 is 0 Å². The Morgan fingerprint density at radius 3 is 3.09 bits per heavy atom. The molecule has 0 spiro atoms. The van der Waals surface area contributed by atoms with Crippen LogP contribution in [0.15, 0.2) is 22.4 Å². The van der Waals surface area contributed by atoms with Gasteiger partial charge in [-0.05, 0) is 28.1 Å². The predicted octanol–water partition coefficient (Wildman–Crippen LogP) is 1.10. The lowest BCUT2D eigenvalue weighted by atomic mass is 10.1. The monoisotopic (exact) mass is 216 g/mol. The van der Waals surface area contributed by atoms with Gasteiger partial charge in [0.15, 0.2) is 24.4 Å². The number of rotatable bonds is 0. The van der Waals surface area contributed by atoms with E-state index in [1.807, 2.05) is 0 Å². The quantitative estimate of drug-likeness (QED) is 0.609. The van der Waals surface area contributed by atoms with Crippen molar-refractivity contribution < 1.29 is 14.3 Å². The Hall–Kier alpha value is -0.610. The molecule has 0 bridgehead atoms. The minimum absolute atomic E-state index is 0.0549. The number of carbonyl (C=O) groups excluding carboxylic acids is 1. The standard InChI is InChI=1S/C7H5BrO3/c8-4-1-2-5(9)7-6(4)10-3-11-7/h1-2,7H,3H2. The predicted molar refractivity (Wildman–Crippen MR) is 40.9 cm³/mol. The molecule has 1 saturated heterocycles.